The molecule has 1 unspecified atom stereocenters. The first-order valence-electron chi connectivity index (χ1n) is 7.52. The van der Waals surface area contributed by atoms with Crippen LogP contribution in [0.3, 0.4) is 0 Å². The number of sulfonamides is 1. The predicted octanol–water partition coefficient (Wildman–Crippen LogP) is 2.31. The third kappa shape index (κ3) is 8.18. The van der Waals surface area contributed by atoms with Crippen molar-refractivity contribution in [2.45, 2.75) is 16.3 Å². The van der Waals surface area contributed by atoms with Crippen LogP contribution >= 0.6 is 0 Å². The minimum absolute atomic E-state index is 0.281. The van der Waals surface area contributed by atoms with E-state index in [1.165, 1.54) is 18.4 Å². The fourth-order valence-electron chi connectivity index (χ4n) is 1.93. The van der Waals surface area contributed by atoms with Gasteiger partial charge in [0.05, 0.1) is 20.6 Å². The van der Waals surface area contributed by atoms with Crippen molar-refractivity contribution in [1.29, 1.82) is 0 Å². The van der Waals surface area contributed by atoms with Gasteiger partial charge < -0.3 is 17.3 Å². The van der Waals surface area contributed by atoms with Crippen LogP contribution in [0.1, 0.15) is 5.56 Å². The third-order valence-corrected chi connectivity index (χ3v) is 6.02. The van der Waals surface area contributed by atoms with E-state index in [1.54, 1.807) is 30.5 Å². The highest BCUT2D eigenvalue weighted by molar-refractivity contribution is 7.89. The molecule has 1 heterocycles. The first kappa shape index (κ1) is 23.3. The number of nitrogens with zero attached hydrogens (tertiary/aromatic N) is 2. The highest BCUT2D eigenvalue weighted by Gasteiger charge is 2.20. The molecule has 1 aromatic carbocycles. The van der Waals surface area contributed by atoms with Crippen molar-refractivity contribution in [2.75, 3.05) is 20.4 Å². The fraction of sp³-hybridized carbons (Fsp3) is 0.267. The summed E-state index contributed by atoms with van der Waals surface area (Å²) in [6.07, 6.45) is 5.37. The number of aromatic nitrogens is 1. The second-order valence-electron chi connectivity index (χ2n) is 5.59. The molecule has 0 fully saturated rings. The summed E-state index contributed by atoms with van der Waals surface area (Å²) >= 11 is 0. The van der Waals surface area contributed by atoms with Gasteiger partial charge in [0.2, 0.25) is 10.0 Å². The van der Waals surface area contributed by atoms with Gasteiger partial charge in [0, 0.05) is 38.0 Å². The van der Waals surface area contributed by atoms with Crippen molar-refractivity contribution in [3.05, 3.63) is 54.4 Å². The minimum atomic E-state index is -6.00. The van der Waals surface area contributed by atoms with Gasteiger partial charge in [-0.05, 0) is 12.1 Å². The van der Waals surface area contributed by atoms with Gasteiger partial charge in [-0.3, -0.25) is 4.21 Å². The molecule has 1 atom stereocenters. The quantitative estimate of drug-likeness (QED) is 0.419. The number of rotatable bonds is 5. The van der Waals surface area contributed by atoms with Crippen LogP contribution in [-0.4, -0.2) is 44.5 Å². The minimum Gasteiger partial charge on any atom is -0.418 e. The Hall–Kier alpha value is -1.79. The molecule has 0 saturated carbocycles. The van der Waals surface area contributed by atoms with E-state index in [0.717, 1.165) is 10.5 Å². The highest BCUT2D eigenvalue weighted by Crippen LogP contribution is 2.14. The van der Waals surface area contributed by atoms with Gasteiger partial charge in [-0.15, -0.1) is 0 Å². The molecule has 0 bridgehead atoms. The van der Waals surface area contributed by atoms with Gasteiger partial charge in [0.1, 0.15) is 0 Å². The summed E-state index contributed by atoms with van der Waals surface area (Å²) in [4.78, 5) is 1.06. The molecule has 0 radical (unpaired) electrons. The van der Waals surface area contributed by atoms with E-state index in [9.17, 15) is 29.9 Å². The van der Waals surface area contributed by atoms with Crippen molar-refractivity contribution in [1.82, 2.24) is 4.31 Å². The van der Waals surface area contributed by atoms with Crippen LogP contribution in [0.15, 0.2) is 58.6 Å². The van der Waals surface area contributed by atoms with Gasteiger partial charge in [-0.25, -0.2) is 17.3 Å². The Kier molecular flexibility index (Phi) is 8.12. The standard InChI is InChI=1S/C15H19N2O3S2.BF4/c1-16(2)22(19,20)15-6-4-13(5-7-15)12-17-10-8-14(9-11-17)21(3)18;2-1(3,4)5/h4-11H,12H2,1-3H3;/q+1;-1. The molecular formula is C15H19BF4N2O3S2. The van der Waals surface area contributed by atoms with E-state index >= 15 is 0 Å². The molecular weight excluding hydrogens is 407 g/mol. The second kappa shape index (κ2) is 9.42. The molecule has 2 rings (SSSR count). The lowest BCUT2D eigenvalue weighted by Crippen LogP contribution is -2.33. The molecule has 12 heteroatoms. The third-order valence-electron chi connectivity index (χ3n) is 3.26. The van der Waals surface area contributed by atoms with Crippen LogP contribution in [0.5, 0.6) is 0 Å². The monoisotopic (exact) mass is 426 g/mol. The average molecular weight is 426 g/mol. The highest BCUT2D eigenvalue weighted by atomic mass is 32.2. The van der Waals surface area contributed by atoms with E-state index in [4.69, 9.17) is 0 Å². The summed E-state index contributed by atoms with van der Waals surface area (Å²) in [5, 5.41) is 0. The van der Waals surface area contributed by atoms with E-state index in [-0.39, 0.29) is 4.90 Å². The largest absolute Gasteiger partial charge is 0.673 e. The summed E-state index contributed by atoms with van der Waals surface area (Å²) in [7, 11) is -7.35. The van der Waals surface area contributed by atoms with Crippen LogP contribution in [0.4, 0.5) is 17.3 Å². The molecule has 0 aliphatic rings. The van der Waals surface area contributed by atoms with Crippen LogP contribution in [-0.2, 0) is 27.4 Å². The van der Waals surface area contributed by atoms with E-state index in [2.05, 4.69) is 0 Å². The molecule has 0 amide bonds. The molecule has 0 aliphatic heterocycles. The lowest BCUT2D eigenvalue weighted by Gasteiger charge is -2.11. The number of benzene rings is 1. The molecule has 5 nitrogen and oxygen atoms in total. The Morgan fingerprint density at radius 1 is 1.00 bits per heavy atom. The van der Waals surface area contributed by atoms with Crippen molar-refractivity contribution < 1.29 is 34.5 Å². The molecule has 0 N–H and O–H groups in total. The first-order chi connectivity index (χ1) is 12.3. The molecule has 2 aromatic rings. The Labute approximate surface area is 158 Å². The molecule has 0 saturated heterocycles. The Balaban J connectivity index is 0.000000646. The fourth-order valence-corrected chi connectivity index (χ4v) is 3.34. The lowest BCUT2D eigenvalue weighted by molar-refractivity contribution is -0.688. The maximum absolute atomic E-state index is 12.0. The topological polar surface area (TPSA) is 58.3 Å². The van der Waals surface area contributed by atoms with Crippen LogP contribution in [0.2, 0.25) is 0 Å². The smallest absolute Gasteiger partial charge is 0.418 e. The summed E-state index contributed by atoms with van der Waals surface area (Å²) in [6, 6.07) is 10.5. The van der Waals surface area contributed by atoms with Gasteiger partial charge in [0.15, 0.2) is 18.9 Å². The number of halogens is 4. The van der Waals surface area contributed by atoms with E-state index < -0.39 is 28.1 Å². The molecule has 0 spiro atoms. The zero-order valence-electron chi connectivity index (χ0n) is 14.9. The first-order valence-corrected chi connectivity index (χ1v) is 10.5. The molecule has 150 valence electrons. The van der Waals surface area contributed by atoms with Crippen molar-refractivity contribution >= 4 is 28.1 Å². The van der Waals surface area contributed by atoms with E-state index in [0.29, 0.717) is 6.54 Å². The van der Waals surface area contributed by atoms with Crippen LogP contribution in [0, 0.1) is 0 Å². The van der Waals surface area contributed by atoms with Crippen LogP contribution in [0.25, 0.3) is 0 Å². The van der Waals surface area contributed by atoms with E-state index in [1.807, 2.05) is 29.1 Å². The van der Waals surface area contributed by atoms with Gasteiger partial charge in [-0.2, -0.15) is 0 Å². The lowest BCUT2D eigenvalue weighted by atomic mass is 10.2. The summed E-state index contributed by atoms with van der Waals surface area (Å²) < 4.78 is 77.5. The maximum Gasteiger partial charge on any atom is 0.673 e. The normalized spacial score (nSPS) is 13.0. The zero-order chi connectivity index (χ0) is 20.8. The summed E-state index contributed by atoms with van der Waals surface area (Å²) in [5.41, 5.74) is 0.994. The van der Waals surface area contributed by atoms with Crippen molar-refractivity contribution in [2.24, 2.45) is 0 Å². The SMILES string of the molecule is CN(C)S(=O)(=O)c1ccc(C[n+]2ccc(S(C)=O)cc2)cc1.F[B-](F)(F)F. The van der Waals surface area contributed by atoms with Crippen molar-refractivity contribution in [3.63, 3.8) is 0 Å². The van der Waals surface area contributed by atoms with Gasteiger partial charge in [-0.1, -0.05) is 12.1 Å². The average Bonchev–Trinajstić information content (AvgIpc) is 2.54. The number of pyridine rings is 1. The second-order valence-corrected chi connectivity index (χ2v) is 9.12. The number of hydrogen-bond donors (Lipinski definition) is 0. The zero-order valence-corrected chi connectivity index (χ0v) is 16.5. The Morgan fingerprint density at radius 2 is 1.44 bits per heavy atom. The van der Waals surface area contributed by atoms with Crippen LogP contribution < -0.4 is 4.57 Å². The molecule has 0 aliphatic carbocycles. The van der Waals surface area contributed by atoms with Gasteiger partial charge in [0.25, 0.3) is 0 Å². The molecule has 1 aromatic heterocycles. The maximum atomic E-state index is 12.0. The Bertz CT molecular complexity index is 865. The Morgan fingerprint density at radius 3 is 1.81 bits per heavy atom. The summed E-state index contributed by atoms with van der Waals surface area (Å²) in [6.45, 7) is 0.624. The predicted molar refractivity (Wildman–Crippen MR) is 95.6 cm³/mol. The van der Waals surface area contributed by atoms with Gasteiger partial charge >= 0.3 is 7.25 Å². The summed E-state index contributed by atoms with van der Waals surface area (Å²) in [5.74, 6) is 0. The van der Waals surface area contributed by atoms with Crippen molar-refractivity contribution in [3.8, 4) is 0 Å². The molecule has 27 heavy (non-hydrogen) atoms. The number of hydrogen-bond acceptors (Lipinski definition) is 3.